The van der Waals surface area contributed by atoms with Gasteiger partial charge >= 0.3 is 5.82 Å². The average molecular weight is 413 g/mol. The highest BCUT2D eigenvalue weighted by Gasteiger charge is 2.49. The van der Waals surface area contributed by atoms with Crippen LogP contribution >= 0.6 is 0 Å². The first-order valence-electron chi connectivity index (χ1n) is 11.9. The van der Waals surface area contributed by atoms with Crippen LogP contribution in [0.2, 0.25) is 0 Å². The second-order valence-electron chi connectivity index (χ2n) is 9.71. The van der Waals surface area contributed by atoms with E-state index in [2.05, 4.69) is 94.1 Å². The third-order valence-electron chi connectivity index (χ3n) is 8.18. The Morgan fingerprint density at radius 3 is 2.66 bits per heavy atom. The summed E-state index contributed by atoms with van der Waals surface area (Å²) in [5.41, 5.74) is 8.38. The molecule has 32 heavy (non-hydrogen) atoms. The number of pyridine rings is 1. The maximum absolute atomic E-state index is 2.62. The molecule has 8 rings (SSSR count). The van der Waals surface area contributed by atoms with Crippen molar-refractivity contribution >= 4 is 21.8 Å². The highest BCUT2D eigenvalue weighted by Crippen LogP contribution is 2.50. The minimum Gasteiger partial charge on any atom is -0.192 e. The molecular weight excluding hydrogens is 388 g/mol. The van der Waals surface area contributed by atoms with E-state index in [0.717, 1.165) is 5.92 Å². The summed E-state index contributed by atoms with van der Waals surface area (Å²) in [6, 6.07) is 33.1. The molecule has 1 fully saturated rings. The minimum absolute atomic E-state index is 0.647. The van der Waals surface area contributed by atoms with Crippen LogP contribution in [0.1, 0.15) is 30.4 Å². The molecule has 2 aliphatic carbocycles. The predicted octanol–water partition coefficient (Wildman–Crippen LogP) is 5.66. The summed E-state index contributed by atoms with van der Waals surface area (Å²) in [7, 11) is 0. The lowest BCUT2D eigenvalue weighted by molar-refractivity contribution is -0.752. The summed E-state index contributed by atoms with van der Waals surface area (Å²) in [5.74, 6) is 2.70. The molecule has 1 aliphatic heterocycles. The summed E-state index contributed by atoms with van der Waals surface area (Å²) < 4.78 is 5.16. The van der Waals surface area contributed by atoms with Crippen molar-refractivity contribution in [1.29, 1.82) is 0 Å². The molecule has 3 aromatic carbocycles. The van der Waals surface area contributed by atoms with E-state index in [4.69, 9.17) is 0 Å². The first kappa shape index (κ1) is 17.1. The number of benzene rings is 3. The second kappa shape index (κ2) is 6.04. The minimum atomic E-state index is 0.647. The van der Waals surface area contributed by atoms with E-state index < -0.39 is 0 Å². The van der Waals surface area contributed by atoms with E-state index in [1.54, 1.807) is 11.6 Å². The van der Waals surface area contributed by atoms with Gasteiger partial charge in [-0.2, -0.15) is 9.13 Å². The molecule has 0 spiro atoms. The van der Waals surface area contributed by atoms with Crippen molar-refractivity contribution in [2.75, 3.05) is 0 Å². The normalized spacial score (nSPS) is 20.6. The summed E-state index contributed by atoms with van der Waals surface area (Å²) in [5, 5.41) is 2.75. The highest BCUT2D eigenvalue weighted by molar-refractivity contribution is 6.06. The third-order valence-corrected chi connectivity index (χ3v) is 8.18. The zero-order valence-electron chi connectivity index (χ0n) is 18.0. The van der Waals surface area contributed by atoms with Crippen LogP contribution in [0.4, 0.5) is 0 Å². The molecule has 3 heterocycles. The van der Waals surface area contributed by atoms with Crippen LogP contribution in [0.3, 0.4) is 0 Å². The number of hydrogen-bond acceptors (Lipinski definition) is 0. The smallest absolute Gasteiger partial charge is 0.192 e. The fourth-order valence-electron chi connectivity index (χ4n) is 6.94. The summed E-state index contributed by atoms with van der Waals surface area (Å²) in [6.07, 6.45) is 5.25. The quantitative estimate of drug-likeness (QED) is 0.248. The van der Waals surface area contributed by atoms with Crippen molar-refractivity contribution in [3.63, 3.8) is 0 Å². The first-order chi connectivity index (χ1) is 15.9. The molecule has 0 N–H and O–H groups in total. The maximum atomic E-state index is 2.62. The van der Waals surface area contributed by atoms with E-state index in [1.807, 2.05) is 0 Å². The second-order valence-corrected chi connectivity index (χ2v) is 9.71. The van der Waals surface area contributed by atoms with Gasteiger partial charge in [-0.3, -0.25) is 0 Å². The Morgan fingerprint density at radius 1 is 0.812 bits per heavy atom. The van der Waals surface area contributed by atoms with Crippen LogP contribution in [0.15, 0.2) is 84.9 Å². The largest absolute Gasteiger partial charge is 0.390 e. The van der Waals surface area contributed by atoms with Gasteiger partial charge in [0, 0.05) is 17.0 Å². The lowest BCUT2D eigenvalue weighted by Crippen LogP contribution is -2.60. The molecule has 0 bridgehead atoms. The van der Waals surface area contributed by atoms with Gasteiger partial charge in [-0.05, 0) is 35.2 Å². The number of fused-ring (bicyclic) bond motifs is 8. The van der Waals surface area contributed by atoms with Gasteiger partial charge in [0.1, 0.15) is 11.6 Å². The Kier molecular flexibility index (Phi) is 3.22. The molecule has 2 unspecified atom stereocenters. The van der Waals surface area contributed by atoms with Crippen LogP contribution in [0.5, 0.6) is 0 Å². The number of rotatable bonds is 1. The standard InChI is InChI=1S/C30H24N2/c1-2-8-19(9-3-1)25-14-7-15-27-31(25)29-22-12-6-10-20(22)18-21-16-17-24-23-11-4-5-13-26(23)32(27)30(24)28(21)29/h1-5,7-9,11,13-17,20,22H,6,10,12,18H2. The average Bonchev–Trinajstić information content (AvgIpc) is 3.46. The van der Waals surface area contributed by atoms with E-state index >= 15 is 0 Å². The molecule has 2 aromatic heterocycles. The van der Waals surface area contributed by atoms with Gasteiger partial charge in [-0.25, -0.2) is 0 Å². The molecule has 2 heteroatoms. The third kappa shape index (κ3) is 2.01. The Balaban J connectivity index is 1.58. The highest BCUT2D eigenvalue weighted by atomic mass is 15.2. The van der Waals surface area contributed by atoms with E-state index in [0.29, 0.717) is 5.92 Å². The van der Waals surface area contributed by atoms with Crippen LogP contribution in [0.25, 0.3) is 38.9 Å². The zero-order valence-corrected chi connectivity index (χ0v) is 18.0. The SMILES string of the molecule is c1ccc(-c2cccc3[n+]2[C-]2c4c(ccc5c6cccc[c-]6[n+]-3c45)CC3CCCC23)cc1. The van der Waals surface area contributed by atoms with E-state index in [1.165, 1.54) is 70.1 Å². The Bertz CT molecular complexity index is 1540. The fourth-order valence-corrected chi connectivity index (χ4v) is 6.94. The number of hydrogen-bond donors (Lipinski definition) is 0. The first-order valence-corrected chi connectivity index (χ1v) is 11.9. The maximum Gasteiger partial charge on any atom is 0.390 e. The van der Waals surface area contributed by atoms with E-state index in [9.17, 15) is 0 Å². The van der Waals surface area contributed by atoms with Crippen molar-refractivity contribution in [3.05, 3.63) is 102 Å². The molecule has 5 aromatic rings. The van der Waals surface area contributed by atoms with Crippen molar-refractivity contribution in [1.82, 2.24) is 0 Å². The summed E-state index contributed by atoms with van der Waals surface area (Å²) in [6.45, 7) is 0. The number of para-hydroxylation sites is 1. The van der Waals surface area contributed by atoms with Crippen molar-refractivity contribution < 1.29 is 9.13 Å². The summed E-state index contributed by atoms with van der Waals surface area (Å²) >= 11 is 0. The van der Waals surface area contributed by atoms with Crippen LogP contribution in [-0.2, 0) is 6.42 Å². The van der Waals surface area contributed by atoms with E-state index in [-0.39, 0.29) is 0 Å². The molecule has 2 nitrogen and oxygen atoms in total. The van der Waals surface area contributed by atoms with Gasteiger partial charge in [-0.15, -0.1) is 18.2 Å². The van der Waals surface area contributed by atoms with Crippen LogP contribution < -0.4 is 9.13 Å². The van der Waals surface area contributed by atoms with Crippen molar-refractivity contribution in [2.24, 2.45) is 11.8 Å². The van der Waals surface area contributed by atoms with Gasteiger partial charge in [0.05, 0.1) is 6.07 Å². The topological polar surface area (TPSA) is 7.76 Å². The van der Waals surface area contributed by atoms with Gasteiger partial charge in [-0.1, -0.05) is 73.4 Å². The molecule has 2 atom stereocenters. The molecule has 1 saturated carbocycles. The van der Waals surface area contributed by atoms with Crippen molar-refractivity contribution in [2.45, 2.75) is 25.7 Å². The summed E-state index contributed by atoms with van der Waals surface area (Å²) in [4.78, 5) is 0. The number of nitrogens with zero attached hydrogens (tertiary/aromatic N) is 2. The number of aromatic nitrogens is 2. The molecule has 0 radical (unpaired) electrons. The predicted molar refractivity (Wildman–Crippen MR) is 126 cm³/mol. The molecule has 0 amide bonds. The molecular formula is C30H24N2. The van der Waals surface area contributed by atoms with Crippen molar-refractivity contribution in [3.8, 4) is 17.1 Å². The molecule has 0 saturated heterocycles. The van der Waals surface area contributed by atoms with Gasteiger partial charge in [0.25, 0.3) is 0 Å². The van der Waals surface area contributed by atoms with Gasteiger partial charge in [0.2, 0.25) is 0 Å². The van der Waals surface area contributed by atoms with Gasteiger partial charge < -0.3 is 0 Å². The Labute approximate surface area is 187 Å². The lowest BCUT2D eigenvalue weighted by Gasteiger charge is -2.38. The Morgan fingerprint density at radius 2 is 1.72 bits per heavy atom. The van der Waals surface area contributed by atoms with Crippen LogP contribution in [0, 0.1) is 17.9 Å². The van der Waals surface area contributed by atoms with Crippen LogP contribution in [-0.4, -0.2) is 0 Å². The molecule has 3 aliphatic rings. The zero-order chi connectivity index (χ0) is 20.8. The Hall–Kier alpha value is -3.52. The van der Waals surface area contributed by atoms with Gasteiger partial charge in [0.15, 0.2) is 11.2 Å². The lowest BCUT2D eigenvalue weighted by atomic mass is 9.72. The fraction of sp³-hybridized carbons (Fsp3) is 0.200. The molecule has 154 valence electrons. The monoisotopic (exact) mass is 412 g/mol.